The van der Waals surface area contributed by atoms with Gasteiger partial charge in [-0.1, -0.05) is 0 Å². The van der Waals surface area contributed by atoms with E-state index in [0.29, 0.717) is 12.8 Å². The molecule has 158 valence electrons. The molecule has 9 heteroatoms. The van der Waals surface area contributed by atoms with Crippen LogP contribution < -0.4 is 16.4 Å². The number of guanidine groups is 1. The first-order valence-electron chi connectivity index (χ1n) is 9.73. The van der Waals surface area contributed by atoms with Gasteiger partial charge in [0.05, 0.1) is 17.7 Å². The van der Waals surface area contributed by atoms with Crippen LogP contribution >= 0.6 is 0 Å². The van der Waals surface area contributed by atoms with Crippen LogP contribution in [-0.2, 0) is 9.53 Å². The van der Waals surface area contributed by atoms with Gasteiger partial charge in [0.1, 0.15) is 5.82 Å². The minimum absolute atomic E-state index is 0.0635. The number of ether oxygens (including phenoxy) is 1. The molecule has 0 saturated heterocycles. The Morgan fingerprint density at radius 3 is 2.46 bits per heavy atom. The predicted octanol–water partition coefficient (Wildman–Crippen LogP) is 2.47. The number of aliphatic imine (C=N–C) groups is 2. The van der Waals surface area contributed by atoms with Crippen molar-refractivity contribution < 1.29 is 18.3 Å². The molecule has 2 aliphatic carbocycles. The first-order valence-corrected chi connectivity index (χ1v) is 9.73. The van der Waals surface area contributed by atoms with Crippen molar-refractivity contribution in [3.8, 4) is 0 Å². The van der Waals surface area contributed by atoms with Crippen LogP contribution in [0.4, 0.5) is 8.78 Å². The summed E-state index contributed by atoms with van der Waals surface area (Å²) >= 11 is 0. The van der Waals surface area contributed by atoms with E-state index in [1.165, 1.54) is 6.92 Å². The lowest BCUT2D eigenvalue weighted by molar-refractivity contribution is -0.114. The Kier molecular flexibility index (Phi) is 7.91. The maximum Gasteiger partial charge on any atom is 0.250 e. The summed E-state index contributed by atoms with van der Waals surface area (Å²) in [6, 6.07) is -0.405. The second kappa shape index (κ2) is 9.95. The van der Waals surface area contributed by atoms with Gasteiger partial charge in [-0.15, -0.1) is 0 Å². The number of amides is 1. The summed E-state index contributed by atoms with van der Waals surface area (Å²) in [6.07, 6.45) is 4.38. The van der Waals surface area contributed by atoms with Crippen molar-refractivity contribution in [2.75, 3.05) is 7.11 Å². The monoisotopic (exact) mass is 399 g/mol. The van der Waals surface area contributed by atoms with Crippen molar-refractivity contribution in [2.45, 2.75) is 82.4 Å². The summed E-state index contributed by atoms with van der Waals surface area (Å²) in [7, 11) is 1.71. The highest BCUT2D eigenvalue weighted by atomic mass is 19.3. The van der Waals surface area contributed by atoms with E-state index in [9.17, 15) is 13.6 Å². The highest BCUT2D eigenvalue weighted by molar-refractivity contribution is 5.93. The van der Waals surface area contributed by atoms with Crippen LogP contribution in [-0.4, -0.2) is 49.8 Å². The van der Waals surface area contributed by atoms with Crippen LogP contribution in [0.25, 0.3) is 0 Å². The van der Waals surface area contributed by atoms with Crippen LogP contribution in [0.15, 0.2) is 21.4 Å². The maximum atomic E-state index is 13.7. The molecule has 0 unspecified atom stereocenters. The SMILES string of the molecule is C=NC(=NC1CCC(OC)CC1)N/C(N[C@H]1CCCC(F)(F)C1)=C(\C)C(N)=O. The van der Waals surface area contributed by atoms with Crippen molar-refractivity contribution in [3.63, 3.8) is 0 Å². The van der Waals surface area contributed by atoms with Gasteiger partial charge in [0, 0.05) is 26.0 Å². The molecule has 0 heterocycles. The van der Waals surface area contributed by atoms with Gasteiger partial charge in [-0.05, 0) is 52.2 Å². The molecule has 7 nitrogen and oxygen atoms in total. The van der Waals surface area contributed by atoms with E-state index in [0.717, 1.165) is 25.7 Å². The minimum atomic E-state index is -2.71. The lowest BCUT2D eigenvalue weighted by atomic mass is 9.92. The first-order chi connectivity index (χ1) is 13.2. The van der Waals surface area contributed by atoms with E-state index in [-0.39, 0.29) is 42.3 Å². The Bertz CT molecular complexity index is 628. The molecule has 2 aliphatic rings. The molecule has 2 rings (SSSR count). The summed E-state index contributed by atoms with van der Waals surface area (Å²) in [6.45, 7) is 5.06. The van der Waals surface area contributed by atoms with E-state index in [2.05, 4.69) is 27.3 Å². The van der Waals surface area contributed by atoms with Gasteiger partial charge < -0.3 is 21.1 Å². The number of nitrogens with two attached hydrogens (primary N) is 1. The molecule has 28 heavy (non-hydrogen) atoms. The normalized spacial score (nSPS) is 28.9. The summed E-state index contributed by atoms with van der Waals surface area (Å²) in [5, 5.41) is 5.95. The third-order valence-corrected chi connectivity index (χ3v) is 5.40. The lowest BCUT2D eigenvalue weighted by Crippen LogP contribution is -2.44. The van der Waals surface area contributed by atoms with Crippen LogP contribution in [0.3, 0.4) is 0 Å². The smallest absolute Gasteiger partial charge is 0.250 e. The van der Waals surface area contributed by atoms with E-state index in [1.54, 1.807) is 7.11 Å². The van der Waals surface area contributed by atoms with Crippen LogP contribution in [0.5, 0.6) is 0 Å². The zero-order valence-corrected chi connectivity index (χ0v) is 16.6. The van der Waals surface area contributed by atoms with Crippen molar-refractivity contribution >= 4 is 18.6 Å². The molecule has 1 atom stereocenters. The molecule has 0 aromatic carbocycles. The number of hydrogen-bond acceptors (Lipinski definition) is 4. The number of methoxy groups -OCH3 is 1. The molecule has 0 aromatic heterocycles. The van der Waals surface area contributed by atoms with Gasteiger partial charge in [-0.3, -0.25) is 4.79 Å². The fraction of sp³-hybridized carbons (Fsp3) is 0.737. The second-order valence-corrected chi connectivity index (χ2v) is 7.56. The van der Waals surface area contributed by atoms with E-state index >= 15 is 0 Å². The Balaban J connectivity index is 2.10. The molecule has 1 amide bonds. The Labute approximate surface area is 164 Å². The van der Waals surface area contributed by atoms with Gasteiger partial charge in [-0.25, -0.2) is 18.8 Å². The summed E-state index contributed by atoms with van der Waals surface area (Å²) < 4.78 is 32.8. The predicted molar refractivity (Wildman–Crippen MR) is 105 cm³/mol. The van der Waals surface area contributed by atoms with Gasteiger partial charge in [0.15, 0.2) is 0 Å². The molecule has 0 spiro atoms. The summed E-state index contributed by atoms with van der Waals surface area (Å²) in [5.74, 6) is -2.87. The molecule has 0 radical (unpaired) electrons. The molecule has 2 fully saturated rings. The number of rotatable bonds is 6. The summed E-state index contributed by atoms with van der Waals surface area (Å²) in [4.78, 5) is 20.2. The van der Waals surface area contributed by atoms with Crippen LogP contribution in [0.1, 0.15) is 58.3 Å². The highest BCUT2D eigenvalue weighted by Gasteiger charge is 2.36. The third kappa shape index (κ3) is 6.54. The average Bonchev–Trinajstić information content (AvgIpc) is 2.65. The summed E-state index contributed by atoms with van der Waals surface area (Å²) in [5.41, 5.74) is 5.60. The van der Waals surface area contributed by atoms with E-state index in [4.69, 9.17) is 10.5 Å². The van der Waals surface area contributed by atoms with Gasteiger partial charge in [0.2, 0.25) is 17.8 Å². The standard InChI is InChI=1S/C19H31F2N5O2/c1-12(16(22)27)17(24-14-5-4-10-19(20,21)11-14)26-18(23-2)25-13-6-8-15(28-3)9-7-13/h13-15,24H,2,4-11H2,1,3H3,(H2,22,27)(H,25,26)/b17-12+/t13?,14-,15?/m0/s1. The number of nitrogens with zero attached hydrogens (tertiary/aromatic N) is 2. The fourth-order valence-electron chi connectivity index (χ4n) is 3.67. The van der Waals surface area contributed by atoms with Gasteiger partial charge >= 0.3 is 0 Å². The van der Waals surface area contributed by atoms with E-state index in [1.807, 2.05) is 0 Å². The zero-order valence-electron chi connectivity index (χ0n) is 16.6. The lowest BCUT2D eigenvalue weighted by Gasteiger charge is -2.31. The van der Waals surface area contributed by atoms with Gasteiger partial charge in [0.25, 0.3) is 0 Å². The average molecular weight is 399 g/mol. The number of carbonyl (C=O) groups is 1. The van der Waals surface area contributed by atoms with Crippen LogP contribution in [0.2, 0.25) is 0 Å². The Hall–Kier alpha value is -2.03. The molecular weight excluding hydrogens is 368 g/mol. The molecule has 0 bridgehead atoms. The Morgan fingerprint density at radius 2 is 1.93 bits per heavy atom. The quantitative estimate of drug-likeness (QED) is 0.363. The van der Waals surface area contributed by atoms with Crippen molar-refractivity contribution in [1.29, 1.82) is 0 Å². The number of primary amides is 1. The molecular formula is C19H31F2N5O2. The maximum absolute atomic E-state index is 13.7. The molecule has 4 N–H and O–H groups in total. The van der Waals surface area contributed by atoms with Crippen molar-refractivity contribution in [2.24, 2.45) is 15.7 Å². The second-order valence-electron chi connectivity index (χ2n) is 7.56. The largest absolute Gasteiger partial charge is 0.381 e. The number of nitrogens with one attached hydrogen (secondary N) is 2. The third-order valence-electron chi connectivity index (χ3n) is 5.40. The topological polar surface area (TPSA) is 101 Å². The molecule has 2 saturated carbocycles. The minimum Gasteiger partial charge on any atom is -0.381 e. The Morgan fingerprint density at radius 1 is 1.25 bits per heavy atom. The molecule has 0 aliphatic heterocycles. The van der Waals surface area contributed by atoms with E-state index < -0.39 is 17.9 Å². The van der Waals surface area contributed by atoms with Gasteiger partial charge in [-0.2, -0.15) is 0 Å². The van der Waals surface area contributed by atoms with Crippen molar-refractivity contribution in [1.82, 2.24) is 10.6 Å². The van der Waals surface area contributed by atoms with Crippen molar-refractivity contribution in [3.05, 3.63) is 11.4 Å². The number of carbonyl (C=O) groups excluding carboxylic acids is 1. The highest BCUT2D eigenvalue weighted by Crippen LogP contribution is 2.33. The number of halogens is 2. The zero-order chi connectivity index (χ0) is 20.7. The first kappa shape index (κ1) is 22.3. The van der Waals surface area contributed by atoms with Crippen LogP contribution in [0, 0.1) is 0 Å². The number of alkyl halides is 2. The fourth-order valence-corrected chi connectivity index (χ4v) is 3.67. The molecule has 0 aromatic rings. The number of hydrogen-bond donors (Lipinski definition) is 3.